The fourth-order valence-electron chi connectivity index (χ4n) is 6.91. The molecule has 3 aromatic rings. The number of hydrogen-bond donors (Lipinski definition) is 2. The number of fused-ring (bicyclic) bond motifs is 2. The summed E-state index contributed by atoms with van der Waals surface area (Å²) in [6, 6.07) is 8.94. The molecule has 1 aromatic carbocycles. The molecule has 50 heavy (non-hydrogen) atoms. The molecule has 0 aliphatic carbocycles. The van der Waals surface area contributed by atoms with Crippen LogP contribution in [0.3, 0.4) is 0 Å². The fraction of sp³-hybridized carbons (Fsp3) is 0.647. The predicted octanol–water partition coefficient (Wildman–Crippen LogP) is 5.27. The second kappa shape index (κ2) is 16.8. The summed E-state index contributed by atoms with van der Waals surface area (Å²) in [5.74, 6) is -0.0182. The number of rotatable bonds is 15. The molecule has 0 unspecified atom stereocenters. The van der Waals surface area contributed by atoms with Gasteiger partial charge in [-0.05, 0) is 34.3 Å². The van der Waals surface area contributed by atoms with Crippen LogP contribution in [0.5, 0.6) is 0 Å². The van der Waals surface area contributed by atoms with E-state index in [-0.39, 0.29) is 47.3 Å². The second-order valence-electron chi connectivity index (χ2n) is 14.0. The van der Waals surface area contributed by atoms with Crippen LogP contribution in [0.15, 0.2) is 43.0 Å². The van der Waals surface area contributed by atoms with Gasteiger partial charge in [-0.2, -0.15) is 0 Å². The van der Waals surface area contributed by atoms with Crippen LogP contribution in [0.1, 0.15) is 72.0 Å². The molecule has 0 radical (unpaired) electrons. The number of imidazole rings is 1. The van der Waals surface area contributed by atoms with Gasteiger partial charge in [-0.25, -0.2) is 15.0 Å². The lowest BCUT2D eigenvalue weighted by Gasteiger charge is -2.51. The number of nitrogens with two attached hydrogens (primary N) is 1. The number of amides is 1. The zero-order chi connectivity index (χ0) is 36.1. The first-order chi connectivity index (χ1) is 23.9. The van der Waals surface area contributed by atoms with Gasteiger partial charge in [0.05, 0.1) is 32.8 Å². The molecule has 2 aromatic heterocycles. The lowest BCUT2D eigenvalue weighted by atomic mass is 10.1. The molecule has 16 heteroatoms. The van der Waals surface area contributed by atoms with Crippen LogP contribution in [0.25, 0.3) is 11.2 Å². The molecule has 4 atom stereocenters. The number of anilines is 1. The van der Waals surface area contributed by atoms with Crippen molar-refractivity contribution < 1.29 is 36.7 Å². The molecule has 4 heterocycles. The second-order valence-corrected chi connectivity index (χ2v) is 22.9. The minimum absolute atomic E-state index is 0.0284. The van der Waals surface area contributed by atoms with Gasteiger partial charge >= 0.3 is 17.1 Å². The van der Waals surface area contributed by atoms with Crippen LogP contribution < -0.4 is 11.1 Å². The van der Waals surface area contributed by atoms with Gasteiger partial charge < -0.3 is 43.0 Å². The zero-order valence-corrected chi connectivity index (χ0v) is 32.5. The molecule has 0 saturated carbocycles. The van der Waals surface area contributed by atoms with Crippen LogP contribution in [0, 0.1) is 0 Å². The van der Waals surface area contributed by atoms with Crippen molar-refractivity contribution in [2.45, 2.75) is 102 Å². The summed E-state index contributed by atoms with van der Waals surface area (Å²) in [6.07, 6.45) is 0.634. The number of nitrogens with one attached hydrogen (secondary N) is 1. The molecule has 2 fully saturated rings. The Morgan fingerprint density at radius 2 is 1.62 bits per heavy atom. The van der Waals surface area contributed by atoms with E-state index < -0.39 is 41.7 Å². The first kappa shape index (κ1) is 38.6. The van der Waals surface area contributed by atoms with Gasteiger partial charge in [0.2, 0.25) is 0 Å². The highest BCUT2D eigenvalue weighted by Crippen LogP contribution is 2.49. The molecule has 3 N–H and O–H groups in total. The zero-order valence-electron chi connectivity index (χ0n) is 30.5. The van der Waals surface area contributed by atoms with E-state index in [1.165, 1.54) is 6.33 Å². The summed E-state index contributed by atoms with van der Waals surface area (Å²) >= 11 is 0. The Balaban J connectivity index is 1.51. The topological polar surface area (TPSA) is 163 Å². The molecule has 0 bridgehead atoms. The van der Waals surface area contributed by atoms with Crippen LogP contribution in [-0.4, -0.2) is 101 Å². The number of carbonyl (C=O) groups is 1. The average molecular weight is 731 g/mol. The Hall–Kier alpha value is -2.65. The first-order valence-corrected chi connectivity index (χ1v) is 21.6. The molecule has 5 rings (SSSR count). The quantitative estimate of drug-likeness (QED) is 0.119. The van der Waals surface area contributed by atoms with Crippen LogP contribution in [0.4, 0.5) is 5.82 Å². The minimum Gasteiger partial charge on any atom is -0.414 e. The molecule has 2 aliphatic rings. The lowest BCUT2D eigenvalue weighted by molar-refractivity contribution is -0.142. The van der Waals surface area contributed by atoms with Crippen LogP contribution in [0.2, 0.25) is 22.2 Å². The number of aromatic nitrogens is 4. The van der Waals surface area contributed by atoms with E-state index in [2.05, 4.69) is 75.7 Å². The number of carbonyl (C=O) groups excluding carboxylic acids is 1. The maximum absolute atomic E-state index is 13.0. The van der Waals surface area contributed by atoms with Crippen molar-refractivity contribution in [1.29, 1.82) is 0 Å². The van der Waals surface area contributed by atoms with E-state index in [1.807, 2.05) is 10.6 Å². The van der Waals surface area contributed by atoms with E-state index in [1.54, 1.807) is 30.6 Å². The normalized spacial score (nSPS) is 23.5. The Morgan fingerprint density at radius 3 is 2.28 bits per heavy atom. The molecule has 0 spiro atoms. The largest absolute Gasteiger partial charge is 0.414 e. The smallest absolute Gasteiger partial charge is 0.335 e. The summed E-state index contributed by atoms with van der Waals surface area (Å²) in [6.45, 7) is 19.4. The van der Waals surface area contributed by atoms with Gasteiger partial charge in [-0.15, -0.1) is 0 Å². The van der Waals surface area contributed by atoms with Crippen LogP contribution in [-0.2, 0) is 31.9 Å². The van der Waals surface area contributed by atoms with E-state index in [4.69, 9.17) is 37.6 Å². The van der Waals surface area contributed by atoms with Gasteiger partial charge in [0.1, 0.15) is 31.4 Å². The summed E-state index contributed by atoms with van der Waals surface area (Å²) < 4.78 is 48.3. The molecular formula is C34H54N6O8Si2. The van der Waals surface area contributed by atoms with Gasteiger partial charge in [0.15, 0.2) is 23.2 Å². The monoisotopic (exact) mass is 730 g/mol. The summed E-state index contributed by atoms with van der Waals surface area (Å²) in [7, 11) is -5.80. The maximum atomic E-state index is 13.0. The maximum Gasteiger partial charge on any atom is 0.335 e. The SMILES string of the molecule is CC(C)[Si]1(C(C)C)OC[C@H]2O[C@@H](n3cnc4c(NC(=O)c5ccccc5)ncnc43)[C@H](OCOCCOCCN)[C@@H]2O[Si](C(C)C)(C(C)C)O1. The molecular weight excluding hydrogens is 677 g/mol. The van der Waals surface area contributed by atoms with Crippen molar-refractivity contribution >= 4 is 40.0 Å². The van der Waals surface area contributed by atoms with E-state index in [0.717, 1.165) is 0 Å². The number of ether oxygens (including phenoxy) is 4. The molecule has 2 aliphatic heterocycles. The summed E-state index contributed by atoms with van der Waals surface area (Å²) in [5, 5.41) is 2.88. The van der Waals surface area contributed by atoms with Gasteiger partial charge in [0, 0.05) is 12.1 Å². The van der Waals surface area contributed by atoms with E-state index in [0.29, 0.717) is 43.1 Å². The molecule has 276 valence electrons. The molecule has 1 amide bonds. The number of benzene rings is 1. The van der Waals surface area contributed by atoms with Gasteiger partial charge in [-0.3, -0.25) is 9.36 Å². The Morgan fingerprint density at radius 1 is 0.940 bits per heavy atom. The van der Waals surface area contributed by atoms with Crippen molar-refractivity contribution in [3.05, 3.63) is 48.5 Å². The summed E-state index contributed by atoms with van der Waals surface area (Å²) in [4.78, 5) is 26.6. The van der Waals surface area contributed by atoms with Crippen molar-refractivity contribution in [3.63, 3.8) is 0 Å². The predicted molar refractivity (Wildman–Crippen MR) is 193 cm³/mol. The highest BCUT2D eigenvalue weighted by molar-refractivity contribution is 6.84. The highest BCUT2D eigenvalue weighted by atomic mass is 28.5. The minimum atomic E-state index is -3.00. The molecule has 2 saturated heterocycles. The fourth-order valence-corrected chi connectivity index (χ4v) is 18.1. The Labute approximate surface area is 297 Å². The third-order valence-corrected chi connectivity index (χ3v) is 19.7. The lowest BCUT2D eigenvalue weighted by Crippen LogP contribution is -2.66. The standard InChI is InChI=1S/C34H54N6O8Si2/c1-22(2)49(23(3)4)45-18-27-29(47-50(48-49,24(5)6)25(7)8)30(44-21-43-17-16-42-15-14-35)34(46-27)40-20-38-28-31(36-19-37-32(28)40)39-33(41)26-12-10-9-11-13-26/h9-13,19-20,22-25,27,29-30,34H,14-18,21,35H2,1-8H3,(H,36,37,39,41)/t27-,29-,30-,34-/m1/s1. The Kier molecular flexibility index (Phi) is 13.0. The highest BCUT2D eigenvalue weighted by Gasteiger charge is 2.62. The van der Waals surface area contributed by atoms with Gasteiger partial charge in [-0.1, -0.05) is 73.6 Å². The third kappa shape index (κ3) is 7.89. The number of hydrogen-bond acceptors (Lipinski definition) is 12. The van der Waals surface area contributed by atoms with Crippen molar-refractivity contribution in [2.75, 3.05) is 45.1 Å². The Bertz CT molecular complexity index is 1530. The third-order valence-electron chi connectivity index (χ3n) is 9.50. The first-order valence-electron chi connectivity index (χ1n) is 17.6. The summed E-state index contributed by atoms with van der Waals surface area (Å²) in [5.41, 5.74) is 7.52. The van der Waals surface area contributed by atoms with E-state index in [9.17, 15) is 4.79 Å². The van der Waals surface area contributed by atoms with Gasteiger partial charge in [0.25, 0.3) is 5.91 Å². The van der Waals surface area contributed by atoms with Crippen LogP contribution >= 0.6 is 0 Å². The van der Waals surface area contributed by atoms with Crippen molar-refractivity contribution in [1.82, 2.24) is 19.5 Å². The van der Waals surface area contributed by atoms with E-state index >= 15 is 0 Å². The van der Waals surface area contributed by atoms with Crippen molar-refractivity contribution in [3.8, 4) is 0 Å². The van der Waals surface area contributed by atoms with Crippen molar-refractivity contribution in [2.24, 2.45) is 5.73 Å². The molecule has 14 nitrogen and oxygen atoms in total. The number of nitrogens with zero attached hydrogens (tertiary/aromatic N) is 4. The average Bonchev–Trinajstić information content (AvgIpc) is 3.65.